The molecular weight excluding hydrogens is 326 g/mol. The summed E-state index contributed by atoms with van der Waals surface area (Å²) in [5.41, 5.74) is 1.70. The average molecular weight is 350 g/mol. The fraction of sp³-hybridized carbons (Fsp3) is 0.471. The summed E-state index contributed by atoms with van der Waals surface area (Å²) in [5, 5.41) is 7.59. The number of carbonyl (C=O) groups is 1. The highest BCUT2D eigenvalue weighted by Gasteiger charge is 2.23. The Kier molecular flexibility index (Phi) is 6.75. The van der Waals surface area contributed by atoms with Crippen molar-refractivity contribution in [3.8, 4) is 0 Å². The highest BCUT2D eigenvalue weighted by atomic mass is 35.5. The van der Waals surface area contributed by atoms with Gasteiger partial charge in [0.2, 0.25) is 0 Å². The van der Waals surface area contributed by atoms with E-state index in [0.29, 0.717) is 18.0 Å². The Morgan fingerprint density at radius 3 is 2.96 bits per heavy atom. The first kappa shape index (κ1) is 18.4. The topological polar surface area (TPSA) is 63.1 Å². The number of rotatable bonds is 6. The summed E-state index contributed by atoms with van der Waals surface area (Å²) in [6.07, 6.45) is 8.18. The third kappa shape index (κ3) is 4.55. The Morgan fingerprint density at radius 2 is 2.33 bits per heavy atom. The SMILES string of the molecule is CCn1cc(C(=O)N(Cc2cccnc2)CC2CCNC2)cn1.Cl. The van der Waals surface area contributed by atoms with Gasteiger partial charge in [0.05, 0.1) is 11.8 Å². The van der Waals surface area contributed by atoms with Crippen LogP contribution in [-0.2, 0) is 13.1 Å². The van der Waals surface area contributed by atoms with E-state index in [1.54, 1.807) is 17.1 Å². The van der Waals surface area contributed by atoms with Crippen LogP contribution < -0.4 is 5.32 Å². The van der Waals surface area contributed by atoms with Gasteiger partial charge in [-0.05, 0) is 44.0 Å². The molecule has 1 aliphatic rings. The van der Waals surface area contributed by atoms with Gasteiger partial charge in [0.15, 0.2) is 0 Å². The number of carbonyl (C=O) groups excluding carboxylic acids is 1. The molecule has 6 nitrogen and oxygen atoms in total. The van der Waals surface area contributed by atoms with Gasteiger partial charge < -0.3 is 10.2 Å². The summed E-state index contributed by atoms with van der Waals surface area (Å²) in [6, 6.07) is 3.92. The predicted molar refractivity (Wildman–Crippen MR) is 95.1 cm³/mol. The molecule has 1 unspecified atom stereocenters. The fourth-order valence-corrected chi connectivity index (χ4v) is 2.94. The number of halogens is 1. The van der Waals surface area contributed by atoms with Crippen LogP contribution in [0, 0.1) is 5.92 Å². The van der Waals surface area contributed by atoms with Crippen molar-refractivity contribution < 1.29 is 4.79 Å². The standard InChI is InChI=1S/C17H23N5O.ClH/c1-2-22-13-16(10-20-22)17(23)21(12-15-5-7-19-9-15)11-14-4-3-6-18-8-14;/h3-4,6,8,10,13,15,19H,2,5,7,9,11-12H2,1H3;1H. The number of amides is 1. The van der Waals surface area contributed by atoms with Crippen LogP contribution in [-0.4, -0.2) is 45.2 Å². The zero-order chi connectivity index (χ0) is 16.1. The zero-order valence-electron chi connectivity index (χ0n) is 13.9. The van der Waals surface area contributed by atoms with E-state index in [4.69, 9.17) is 0 Å². The molecule has 1 fully saturated rings. The minimum atomic E-state index is 0. The fourth-order valence-electron chi connectivity index (χ4n) is 2.94. The summed E-state index contributed by atoms with van der Waals surface area (Å²) in [6.45, 7) is 6.14. The zero-order valence-corrected chi connectivity index (χ0v) is 14.7. The molecule has 3 heterocycles. The second-order valence-corrected chi connectivity index (χ2v) is 5.99. The van der Waals surface area contributed by atoms with Crippen LogP contribution in [0.2, 0.25) is 0 Å². The minimum Gasteiger partial charge on any atom is -0.334 e. The van der Waals surface area contributed by atoms with Gasteiger partial charge in [-0.2, -0.15) is 5.10 Å². The van der Waals surface area contributed by atoms with Crippen LogP contribution in [0.25, 0.3) is 0 Å². The van der Waals surface area contributed by atoms with Crippen LogP contribution >= 0.6 is 12.4 Å². The third-order valence-corrected chi connectivity index (χ3v) is 4.23. The van der Waals surface area contributed by atoms with Crippen LogP contribution in [0.3, 0.4) is 0 Å². The van der Waals surface area contributed by atoms with E-state index in [9.17, 15) is 4.79 Å². The summed E-state index contributed by atoms with van der Waals surface area (Å²) in [7, 11) is 0. The molecule has 3 rings (SSSR count). The molecule has 0 saturated carbocycles. The van der Waals surface area contributed by atoms with E-state index < -0.39 is 0 Å². The first-order valence-corrected chi connectivity index (χ1v) is 8.17. The Bertz CT molecular complexity index is 639. The number of aryl methyl sites for hydroxylation is 1. The van der Waals surface area contributed by atoms with Crippen molar-refractivity contribution in [3.63, 3.8) is 0 Å². The molecule has 7 heteroatoms. The van der Waals surface area contributed by atoms with Crippen molar-refractivity contribution in [2.24, 2.45) is 5.92 Å². The first-order chi connectivity index (χ1) is 11.3. The number of hydrogen-bond acceptors (Lipinski definition) is 4. The molecule has 1 atom stereocenters. The van der Waals surface area contributed by atoms with Gasteiger partial charge in [0.25, 0.3) is 5.91 Å². The smallest absolute Gasteiger partial charge is 0.257 e. The van der Waals surface area contributed by atoms with Gasteiger partial charge in [0, 0.05) is 38.2 Å². The molecule has 1 N–H and O–H groups in total. The molecule has 24 heavy (non-hydrogen) atoms. The van der Waals surface area contributed by atoms with Gasteiger partial charge in [0.1, 0.15) is 0 Å². The molecule has 130 valence electrons. The van der Waals surface area contributed by atoms with Gasteiger partial charge in [-0.1, -0.05) is 6.07 Å². The monoisotopic (exact) mass is 349 g/mol. The third-order valence-electron chi connectivity index (χ3n) is 4.23. The second-order valence-electron chi connectivity index (χ2n) is 5.99. The van der Waals surface area contributed by atoms with E-state index in [2.05, 4.69) is 15.4 Å². The molecule has 2 aromatic heterocycles. The maximum atomic E-state index is 12.9. The van der Waals surface area contributed by atoms with E-state index in [-0.39, 0.29) is 18.3 Å². The minimum absolute atomic E-state index is 0. The predicted octanol–water partition coefficient (Wildman–Crippen LogP) is 1.97. The van der Waals surface area contributed by atoms with Crippen molar-refractivity contribution in [1.82, 2.24) is 25.0 Å². The Balaban J connectivity index is 0.00000208. The maximum absolute atomic E-state index is 12.9. The largest absolute Gasteiger partial charge is 0.334 e. The summed E-state index contributed by atoms with van der Waals surface area (Å²) in [4.78, 5) is 19.0. The molecular formula is C17H24ClN5O. The van der Waals surface area contributed by atoms with E-state index >= 15 is 0 Å². The van der Waals surface area contributed by atoms with Crippen LogP contribution in [0.15, 0.2) is 36.9 Å². The van der Waals surface area contributed by atoms with Crippen molar-refractivity contribution in [2.75, 3.05) is 19.6 Å². The number of pyridine rings is 1. The van der Waals surface area contributed by atoms with Crippen molar-refractivity contribution in [3.05, 3.63) is 48.0 Å². The van der Waals surface area contributed by atoms with Crippen LogP contribution in [0.4, 0.5) is 0 Å². The molecule has 0 spiro atoms. The molecule has 0 aromatic carbocycles. The Labute approximate surface area is 148 Å². The molecule has 0 radical (unpaired) electrons. The van der Waals surface area contributed by atoms with E-state index in [1.165, 1.54) is 0 Å². The summed E-state index contributed by atoms with van der Waals surface area (Å²) >= 11 is 0. The Morgan fingerprint density at radius 1 is 1.46 bits per heavy atom. The van der Waals surface area contributed by atoms with Crippen LogP contribution in [0.1, 0.15) is 29.3 Å². The number of hydrogen-bond donors (Lipinski definition) is 1. The number of nitrogens with one attached hydrogen (secondary N) is 1. The normalized spacial score (nSPS) is 16.6. The van der Waals surface area contributed by atoms with Crippen molar-refractivity contribution >= 4 is 18.3 Å². The molecule has 1 aliphatic heterocycles. The molecule has 0 aliphatic carbocycles. The Hall–Kier alpha value is -1.92. The van der Waals surface area contributed by atoms with Crippen LogP contribution in [0.5, 0.6) is 0 Å². The number of nitrogens with zero attached hydrogens (tertiary/aromatic N) is 4. The van der Waals surface area contributed by atoms with Crippen molar-refractivity contribution in [1.29, 1.82) is 0 Å². The molecule has 0 bridgehead atoms. The van der Waals surface area contributed by atoms with Crippen molar-refractivity contribution in [2.45, 2.75) is 26.4 Å². The second kappa shape index (κ2) is 8.80. The highest BCUT2D eigenvalue weighted by molar-refractivity contribution is 5.93. The van der Waals surface area contributed by atoms with E-state index in [0.717, 1.165) is 38.2 Å². The van der Waals surface area contributed by atoms with Gasteiger partial charge in [-0.3, -0.25) is 14.5 Å². The first-order valence-electron chi connectivity index (χ1n) is 8.17. The number of aromatic nitrogens is 3. The lowest BCUT2D eigenvalue weighted by atomic mass is 10.1. The average Bonchev–Trinajstić information content (AvgIpc) is 3.26. The highest BCUT2D eigenvalue weighted by Crippen LogP contribution is 2.15. The van der Waals surface area contributed by atoms with Gasteiger partial charge >= 0.3 is 0 Å². The quantitative estimate of drug-likeness (QED) is 0.866. The molecule has 1 saturated heterocycles. The van der Waals surface area contributed by atoms with Gasteiger partial charge in [-0.25, -0.2) is 0 Å². The van der Waals surface area contributed by atoms with Gasteiger partial charge in [-0.15, -0.1) is 12.4 Å². The summed E-state index contributed by atoms with van der Waals surface area (Å²) < 4.78 is 1.78. The molecule has 1 amide bonds. The van der Waals surface area contributed by atoms with E-state index in [1.807, 2.05) is 36.4 Å². The summed E-state index contributed by atoms with van der Waals surface area (Å²) in [5.74, 6) is 0.553. The molecule has 2 aromatic rings. The lowest BCUT2D eigenvalue weighted by Gasteiger charge is -2.25. The maximum Gasteiger partial charge on any atom is 0.257 e. The lowest BCUT2D eigenvalue weighted by Crippen LogP contribution is -2.35. The lowest BCUT2D eigenvalue weighted by molar-refractivity contribution is 0.0718.